The summed E-state index contributed by atoms with van der Waals surface area (Å²) < 4.78 is 24.7. The van der Waals surface area contributed by atoms with Gasteiger partial charge in [0.05, 0.1) is 24.8 Å². The molecule has 2 aromatic rings. The average molecular weight is 597 g/mol. The molecule has 0 spiro atoms. The zero-order valence-corrected chi connectivity index (χ0v) is 24.4. The van der Waals surface area contributed by atoms with Crippen molar-refractivity contribution < 1.29 is 38.1 Å². The molecule has 0 fully saturated rings. The van der Waals surface area contributed by atoms with Crippen molar-refractivity contribution in [3.8, 4) is 11.5 Å². The largest absolute Gasteiger partial charge is 0.494 e. The van der Waals surface area contributed by atoms with E-state index in [0.717, 1.165) is 0 Å². The Labute approximate surface area is 242 Å². The van der Waals surface area contributed by atoms with Crippen LogP contribution in [0.2, 0.25) is 5.02 Å². The molecule has 9 nitrogen and oxygen atoms in total. The van der Waals surface area contributed by atoms with Gasteiger partial charge in [0.1, 0.15) is 23.4 Å². The molecule has 2 rings (SSSR count). The van der Waals surface area contributed by atoms with E-state index < -0.39 is 42.3 Å². The smallest absolute Gasteiger partial charge is 0.341 e. The normalized spacial score (nSPS) is 12.4. The zero-order chi connectivity index (χ0) is 29.8. The van der Waals surface area contributed by atoms with Crippen molar-refractivity contribution in [2.45, 2.75) is 52.0 Å². The molecule has 0 aliphatic carbocycles. The molecule has 0 aliphatic rings. The van der Waals surface area contributed by atoms with E-state index in [0.29, 0.717) is 23.5 Å². The summed E-state index contributed by atoms with van der Waals surface area (Å²) in [4.78, 5) is 49.3. The number of carboxylic acids is 1. The Morgan fingerprint density at radius 2 is 1.80 bits per heavy atom. The predicted molar refractivity (Wildman–Crippen MR) is 151 cm³/mol. The second kappa shape index (κ2) is 16.1. The third-order valence-corrected chi connectivity index (χ3v) is 7.04. The number of amides is 2. The first-order valence-electron chi connectivity index (χ1n) is 12.7. The molecular weight excluding hydrogens is 563 g/mol. The number of carboxylic acid groups (broad SMARTS) is 1. The summed E-state index contributed by atoms with van der Waals surface area (Å²) in [5.41, 5.74) is 0.772. The van der Waals surface area contributed by atoms with E-state index >= 15 is 0 Å². The van der Waals surface area contributed by atoms with Gasteiger partial charge in [-0.1, -0.05) is 31.5 Å². The number of hydrogen-bond donors (Lipinski definition) is 3. The molecule has 1 unspecified atom stereocenters. The summed E-state index contributed by atoms with van der Waals surface area (Å²) in [5.74, 6) is -2.21. The van der Waals surface area contributed by atoms with Crippen molar-refractivity contribution >= 4 is 46.9 Å². The first kappa shape index (κ1) is 32.9. The first-order chi connectivity index (χ1) is 18.9. The summed E-state index contributed by atoms with van der Waals surface area (Å²) in [6.45, 7) is 6.66. The van der Waals surface area contributed by atoms with Gasteiger partial charge in [0, 0.05) is 21.9 Å². The highest BCUT2D eigenvalue weighted by Gasteiger charge is 2.27. The van der Waals surface area contributed by atoms with Gasteiger partial charge in [-0.3, -0.25) is 14.4 Å². The maximum absolute atomic E-state index is 13.9. The minimum Gasteiger partial charge on any atom is -0.494 e. The molecule has 0 aromatic heterocycles. The molecular formula is C28H34ClFN2O7S. The van der Waals surface area contributed by atoms with Crippen LogP contribution in [-0.4, -0.2) is 59.7 Å². The van der Waals surface area contributed by atoms with E-state index in [1.54, 1.807) is 45.9 Å². The Balaban J connectivity index is 1.98. The van der Waals surface area contributed by atoms with Crippen LogP contribution in [0.5, 0.6) is 11.5 Å². The SMILES string of the molecule is CCOc1ccc(OCC(=O)O)cc1CC(=O)NC(C(=O)N[C@@H](C)C(=O)CSCc1c(F)cccc1Cl)C(C)C. The van der Waals surface area contributed by atoms with Crippen molar-refractivity contribution in [3.63, 3.8) is 0 Å². The lowest BCUT2D eigenvalue weighted by molar-refractivity contribution is -0.139. The highest BCUT2D eigenvalue weighted by molar-refractivity contribution is 7.99. The predicted octanol–water partition coefficient (Wildman–Crippen LogP) is 4.03. The molecule has 12 heteroatoms. The van der Waals surface area contributed by atoms with Gasteiger partial charge in [0.25, 0.3) is 0 Å². The van der Waals surface area contributed by atoms with Gasteiger partial charge in [0.2, 0.25) is 11.8 Å². The van der Waals surface area contributed by atoms with Crippen molar-refractivity contribution in [2.75, 3.05) is 19.0 Å². The quantitative estimate of drug-likeness (QED) is 0.265. The number of ketones is 1. The third kappa shape index (κ3) is 10.3. The third-order valence-electron chi connectivity index (χ3n) is 5.70. The molecule has 0 saturated carbocycles. The first-order valence-corrected chi connectivity index (χ1v) is 14.2. The van der Waals surface area contributed by atoms with E-state index in [1.807, 2.05) is 0 Å². The van der Waals surface area contributed by atoms with E-state index in [-0.39, 0.29) is 40.4 Å². The van der Waals surface area contributed by atoms with Crippen LogP contribution in [-0.2, 0) is 31.4 Å². The van der Waals surface area contributed by atoms with Gasteiger partial charge in [-0.15, -0.1) is 11.8 Å². The summed E-state index contributed by atoms with van der Waals surface area (Å²) >= 11 is 7.21. The van der Waals surface area contributed by atoms with Gasteiger partial charge in [-0.2, -0.15) is 0 Å². The number of carbonyl (C=O) groups is 4. The molecule has 2 aromatic carbocycles. The minimum absolute atomic E-state index is 0.0330. The Kier molecular flexibility index (Phi) is 13.2. The Morgan fingerprint density at radius 3 is 2.42 bits per heavy atom. The number of aliphatic carboxylic acids is 1. The fraction of sp³-hybridized carbons (Fsp3) is 0.429. The fourth-order valence-electron chi connectivity index (χ4n) is 3.59. The number of thioether (sulfide) groups is 1. The van der Waals surface area contributed by atoms with Crippen LogP contribution < -0.4 is 20.1 Å². The Bertz CT molecular complexity index is 1190. The molecule has 0 aliphatic heterocycles. The molecule has 2 atom stereocenters. The minimum atomic E-state index is -1.14. The van der Waals surface area contributed by atoms with Crippen LogP contribution in [0.4, 0.5) is 4.39 Å². The second-order valence-electron chi connectivity index (χ2n) is 9.24. The summed E-state index contributed by atoms with van der Waals surface area (Å²) in [6, 6.07) is 7.27. The molecule has 0 heterocycles. The number of carbonyl (C=O) groups excluding carboxylic acids is 3. The number of ether oxygens (including phenoxy) is 2. The lowest BCUT2D eigenvalue weighted by Crippen LogP contribution is -2.53. The fourth-order valence-corrected chi connectivity index (χ4v) is 4.95. The Hall–Kier alpha value is -3.31. The summed E-state index contributed by atoms with van der Waals surface area (Å²) in [7, 11) is 0. The highest BCUT2D eigenvalue weighted by atomic mass is 35.5. The van der Waals surface area contributed by atoms with Crippen molar-refractivity contribution in [1.82, 2.24) is 10.6 Å². The molecule has 0 bridgehead atoms. The van der Waals surface area contributed by atoms with Gasteiger partial charge >= 0.3 is 5.97 Å². The van der Waals surface area contributed by atoms with Crippen LogP contribution in [0.3, 0.4) is 0 Å². The topological polar surface area (TPSA) is 131 Å². The molecule has 2 amide bonds. The van der Waals surface area contributed by atoms with E-state index in [9.17, 15) is 23.6 Å². The molecule has 3 N–H and O–H groups in total. The molecule has 0 radical (unpaired) electrons. The number of Topliss-reactive ketones (excluding diaryl/α,β-unsaturated/α-hetero) is 1. The number of halogens is 2. The number of rotatable bonds is 16. The average Bonchev–Trinajstić information content (AvgIpc) is 2.88. The van der Waals surface area contributed by atoms with Gasteiger partial charge in [-0.05, 0) is 50.1 Å². The zero-order valence-electron chi connectivity index (χ0n) is 22.8. The number of hydrogen-bond acceptors (Lipinski definition) is 7. The van der Waals surface area contributed by atoms with Gasteiger partial charge < -0.3 is 25.2 Å². The molecule has 218 valence electrons. The monoisotopic (exact) mass is 596 g/mol. The van der Waals surface area contributed by atoms with Crippen molar-refractivity contribution in [2.24, 2.45) is 5.92 Å². The van der Waals surface area contributed by atoms with Crippen molar-refractivity contribution in [1.29, 1.82) is 0 Å². The van der Waals surface area contributed by atoms with E-state index in [4.69, 9.17) is 26.2 Å². The van der Waals surface area contributed by atoms with Crippen LogP contribution in [0.15, 0.2) is 36.4 Å². The van der Waals surface area contributed by atoms with Crippen LogP contribution in [0, 0.1) is 11.7 Å². The van der Waals surface area contributed by atoms with E-state index in [2.05, 4.69) is 10.6 Å². The highest BCUT2D eigenvalue weighted by Crippen LogP contribution is 2.26. The van der Waals surface area contributed by atoms with E-state index in [1.165, 1.54) is 30.0 Å². The van der Waals surface area contributed by atoms with Gasteiger partial charge in [0.15, 0.2) is 12.4 Å². The molecule has 0 saturated heterocycles. The number of nitrogens with one attached hydrogen (secondary N) is 2. The van der Waals surface area contributed by atoms with Gasteiger partial charge in [-0.25, -0.2) is 9.18 Å². The van der Waals surface area contributed by atoms with Crippen LogP contribution >= 0.6 is 23.4 Å². The summed E-state index contributed by atoms with van der Waals surface area (Å²) in [5, 5.41) is 14.5. The second-order valence-corrected chi connectivity index (χ2v) is 10.6. The van der Waals surface area contributed by atoms with Crippen LogP contribution in [0.25, 0.3) is 0 Å². The van der Waals surface area contributed by atoms with Crippen LogP contribution in [0.1, 0.15) is 38.8 Å². The number of benzene rings is 2. The maximum Gasteiger partial charge on any atom is 0.341 e. The lowest BCUT2D eigenvalue weighted by atomic mass is 10.0. The Morgan fingerprint density at radius 1 is 1.07 bits per heavy atom. The van der Waals surface area contributed by atoms with Crippen molar-refractivity contribution in [3.05, 3.63) is 58.4 Å². The summed E-state index contributed by atoms with van der Waals surface area (Å²) in [6.07, 6.45) is -0.153. The standard InChI is InChI=1S/C28H34ClFN2O7S/c1-5-38-24-10-9-19(39-13-26(35)36)11-18(24)12-25(34)32-27(16(2)3)28(37)31-17(4)23(33)15-40-14-20-21(29)7-6-8-22(20)30/h6-11,16-17,27H,5,12-15H2,1-4H3,(H,31,37)(H,32,34)(H,35,36)/t17-,27?/m0/s1. The lowest BCUT2D eigenvalue weighted by Gasteiger charge is -2.24. The molecule has 40 heavy (non-hydrogen) atoms. The maximum atomic E-state index is 13.9.